The zero-order chi connectivity index (χ0) is 91.6. The van der Waals surface area contributed by atoms with Gasteiger partial charge in [0.1, 0.15) is 11.6 Å². The minimum absolute atomic E-state index is 0.469. The molecule has 0 fully saturated rings. The average Bonchev–Trinajstić information content (AvgIpc) is 1.56. The summed E-state index contributed by atoms with van der Waals surface area (Å²) in [5.74, 6) is 1.71. The van der Waals surface area contributed by atoms with Crippen molar-refractivity contribution in [2.75, 3.05) is 5.32 Å². The fourth-order valence-corrected chi connectivity index (χ4v) is 22.5. The Balaban J connectivity index is 0.712. The van der Waals surface area contributed by atoms with Crippen molar-refractivity contribution in [2.45, 2.75) is 6.92 Å². The molecule has 0 amide bonds. The molecular formula is C129H84N10. The van der Waals surface area contributed by atoms with Crippen molar-refractivity contribution in [3.63, 3.8) is 0 Å². The van der Waals surface area contributed by atoms with E-state index in [-0.39, 0.29) is 0 Å². The van der Waals surface area contributed by atoms with Crippen molar-refractivity contribution < 1.29 is 0 Å². The van der Waals surface area contributed by atoms with Gasteiger partial charge in [0.25, 0.3) is 0 Å². The van der Waals surface area contributed by atoms with Crippen molar-refractivity contribution in [3.05, 3.63) is 485 Å². The molecule has 139 heavy (non-hydrogen) atoms. The number of hydrogen-bond donors (Lipinski definition) is 1. The summed E-state index contributed by atoms with van der Waals surface area (Å²) in [5.41, 5.74) is 34.4. The summed E-state index contributed by atoms with van der Waals surface area (Å²) in [6, 6.07) is 169. The molecule has 0 unspecified atom stereocenters. The van der Waals surface area contributed by atoms with Gasteiger partial charge in [-0.3, -0.25) is 9.13 Å². The van der Waals surface area contributed by atoms with E-state index in [2.05, 4.69) is 518 Å². The predicted molar refractivity (Wildman–Crippen MR) is 583 cm³/mol. The molecule has 0 saturated carbocycles. The van der Waals surface area contributed by atoms with Gasteiger partial charge in [0, 0.05) is 121 Å². The van der Waals surface area contributed by atoms with Crippen LogP contribution in [0.3, 0.4) is 0 Å². The standard InChI is InChI=1S/C129H84N10/c1-3-29-81(2)97-60-50-87(82-55-65-118-107(70-82)98-40-19-24-45-113(98)133(118)92-30-9-4-10-31-92)75-112(97)130-127-80-128(138-123-76-88(83-56-66-119-108(71-83)99-41-20-25-46-114(99)134(119)93-32-11-5-12-33-93)51-61-103(123)104-62-52-89(77-124(104)138)84-57-67-120-109(72-84)100-42-21-26-47-115(100)135(120)94-34-13-6-14-35-94)132-129(131-127)139-125-78-90(85-58-68-121-110(73-85)101-43-22-27-48-116(101)136(121)95-36-15-7-16-37-95)53-63-105(125)106-64-54-91(79-126(106)139)86-59-69-122-111(74-86)102-44-23-28-49-117(102)137(122)96-38-17-8-18-39-96/h3-80H,1H2,2H3,(H,130,131,132)/b81-29+. The highest BCUT2D eigenvalue weighted by Crippen LogP contribution is 2.48. The predicted octanol–water partition coefficient (Wildman–Crippen LogP) is 33.8. The van der Waals surface area contributed by atoms with Gasteiger partial charge in [-0.25, -0.2) is 0 Å². The summed E-state index contributed by atoms with van der Waals surface area (Å²) in [5, 5.41) is 20.2. The van der Waals surface area contributed by atoms with Crippen LogP contribution in [-0.4, -0.2) is 41.9 Å². The zero-order valence-corrected chi connectivity index (χ0v) is 75.8. The van der Waals surface area contributed by atoms with Crippen LogP contribution in [0.4, 0.5) is 11.5 Å². The van der Waals surface area contributed by atoms with Gasteiger partial charge in [0.15, 0.2) is 0 Å². The van der Waals surface area contributed by atoms with Gasteiger partial charge < -0.3 is 28.2 Å². The third-order valence-electron chi connectivity index (χ3n) is 28.8. The molecule has 8 heterocycles. The summed E-state index contributed by atoms with van der Waals surface area (Å²) < 4.78 is 16.7. The monoisotopic (exact) mass is 1770 g/mol. The van der Waals surface area contributed by atoms with Crippen LogP contribution in [0.25, 0.3) is 254 Å². The molecule has 20 aromatic carbocycles. The first kappa shape index (κ1) is 79.0. The van der Waals surface area contributed by atoms with Crippen LogP contribution in [0.5, 0.6) is 0 Å². The van der Waals surface area contributed by atoms with Crippen LogP contribution in [0.1, 0.15) is 12.5 Å². The molecule has 10 heteroatoms. The number of para-hydroxylation sites is 10. The highest BCUT2D eigenvalue weighted by molar-refractivity contribution is 6.19. The molecule has 0 aliphatic heterocycles. The quantitative estimate of drug-likeness (QED) is 0.0980. The molecular weight excluding hydrogens is 1690 g/mol. The Morgan fingerprint density at radius 3 is 0.741 bits per heavy atom. The first-order valence-corrected chi connectivity index (χ1v) is 47.5. The third-order valence-corrected chi connectivity index (χ3v) is 28.8. The Hall–Kier alpha value is -18.6. The lowest BCUT2D eigenvalue weighted by Crippen LogP contribution is -2.09. The Morgan fingerprint density at radius 1 is 0.209 bits per heavy atom. The Kier molecular flexibility index (Phi) is 17.9. The van der Waals surface area contributed by atoms with Crippen molar-refractivity contribution in [1.29, 1.82) is 0 Å². The van der Waals surface area contributed by atoms with E-state index in [1.54, 1.807) is 0 Å². The van der Waals surface area contributed by atoms with E-state index >= 15 is 0 Å². The first-order valence-electron chi connectivity index (χ1n) is 47.5. The van der Waals surface area contributed by atoms with Gasteiger partial charge in [0.2, 0.25) is 5.95 Å². The largest absolute Gasteiger partial charge is 0.339 e. The van der Waals surface area contributed by atoms with Crippen molar-refractivity contribution in [3.8, 4) is 95.8 Å². The van der Waals surface area contributed by atoms with E-state index in [0.29, 0.717) is 17.6 Å². The summed E-state index contributed by atoms with van der Waals surface area (Å²) in [7, 11) is 0. The lowest BCUT2D eigenvalue weighted by molar-refractivity contribution is 0.952. The summed E-state index contributed by atoms with van der Waals surface area (Å²) >= 11 is 0. The molecule has 0 aliphatic rings. The van der Waals surface area contributed by atoms with Crippen LogP contribution in [-0.2, 0) is 0 Å². The van der Waals surface area contributed by atoms with Crippen LogP contribution < -0.4 is 5.32 Å². The molecule has 0 radical (unpaired) electrons. The third kappa shape index (κ3) is 12.6. The molecule has 10 nitrogen and oxygen atoms in total. The first-order chi connectivity index (χ1) is 68.8. The van der Waals surface area contributed by atoms with Crippen molar-refractivity contribution >= 4 is 170 Å². The number of hydrogen-bond acceptors (Lipinski definition) is 3. The number of rotatable bonds is 16. The van der Waals surface area contributed by atoms with Gasteiger partial charge in [0.05, 0.1) is 77.2 Å². The molecule has 1 N–H and O–H groups in total. The minimum atomic E-state index is 0.469. The van der Waals surface area contributed by atoms with E-state index in [9.17, 15) is 0 Å². The van der Waals surface area contributed by atoms with Gasteiger partial charge in [-0.1, -0.05) is 292 Å². The number of fused-ring (bicyclic) bond motifs is 21. The van der Waals surface area contributed by atoms with E-state index in [0.717, 1.165) is 205 Å². The normalized spacial score (nSPS) is 12.1. The number of anilines is 2. The molecule has 8 aromatic heterocycles. The second-order valence-electron chi connectivity index (χ2n) is 36.6. The Morgan fingerprint density at radius 2 is 0.446 bits per heavy atom. The van der Waals surface area contributed by atoms with E-state index in [1.807, 2.05) is 6.08 Å². The maximum atomic E-state index is 6.26. The number of nitrogens with one attached hydrogen (secondary N) is 1. The second kappa shape index (κ2) is 31.5. The lowest BCUT2D eigenvalue weighted by Gasteiger charge is -2.18. The maximum absolute atomic E-state index is 6.26. The van der Waals surface area contributed by atoms with Gasteiger partial charge >= 0.3 is 0 Å². The van der Waals surface area contributed by atoms with E-state index in [1.165, 1.54) is 48.5 Å². The van der Waals surface area contributed by atoms with Crippen LogP contribution in [0.15, 0.2) is 480 Å². The highest BCUT2D eigenvalue weighted by atomic mass is 15.2. The maximum Gasteiger partial charge on any atom is 0.238 e. The summed E-state index contributed by atoms with van der Waals surface area (Å²) in [4.78, 5) is 12.3. The van der Waals surface area contributed by atoms with E-state index < -0.39 is 0 Å². The van der Waals surface area contributed by atoms with E-state index in [4.69, 9.17) is 9.97 Å². The van der Waals surface area contributed by atoms with Gasteiger partial charge in [-0.15, -0.1) is 0 Å². The topological polar surface area (TPSA) is 72.3 Å². The SMILES string of the molecule is C=C/C=C(\C)c1ccc(-c2ccc3c(c2)c2ccccc2n3-c2ccccc2)cc1Nc1cc(-n2c3cc(-c4ccc5c(c4)c4ccccc4n5-c4ccccc4)ccc3c3ccc(-c4ccc5c(c4)c4ccccc4n5-c4ccccc4)cc32)nc(-n2c3cc(-c4ccc5c(c4)c4ccccc4n5-c4ccccc4)ccc3c3ccc(-c4ccc5c(c4)c4ccccc4n5-c4ccccc4)cc32)n1. The highest BCUT2D eigenvalue weighted by Gasteiger charge is 2.27. The number of benzene rings is 20. The van der Waals surface area contributed by atoms with Crippen LogP contribution >= 0.6 is 0 Å². The molecule has 0 atom stereocenters. The Labute approximate surface area is 799 Å². The molecule has 28 rings (SSSR count). The minimum Gasteiger partial charge on any atom is -0.339 e. The molecule has 0 aliphatic carbocycles. The van der Waals surface area contributed by atoms with Gasteiger partial charge in [-0.2, -0.15) is 9.97 Å². The summed E-state index contributed by atoms with van der Waals surface area (Å²) in [6.07, 6.45) is 3.97. The molecule has 650 valence electrons. The molecule has 0 spiro atoms. The fourth-order valence-electron chi connectivity index (χ4n) is 22.5. The lowest BCUT2D eigenvalue weighted by atomic mass is 9.97. The van der Waals surface area contributed by atoms with Crippen molar-refractivity contribution in [1.82, 2.24) is 41.9 Å². The van der Waals surface area contributed by atoms with Crippen molar-refractivity contribution in [2.24, 2.45) is 0 Å². The summed E-state index contributed by atoms with van der Waals surface area (Å²) in [6.45, 7) is 6.45. The fraction of sp³-hybridized carbons (Fsp3) is 0.00775. The average molecular weight is 1770 g/mol. The smallest absolute Gasteiger partial charge is 0.238 e. The Bertz CT molecular complexity index is 9130. The second-order valence-corrected chi connectivity index (χ2v) is 36.6. The molecule has 0 saturated heterocycles. The number of aromatic nitrogens is 9. The van der Waals surface area contributed by atoms with Crippen LogP contribution in [0, 0.1) is 0 Å². The van der Waals surface area contributed by atoms with Gasteiger partial charge in [-0.05, 0) is 250 Å². The number of allylic oxidation sites excluding steroid dienone is 3. The zero-order valence-electron chi connectivity index (χ0n) is 75.8. The molecule has 0 bridgehead atoms. The van der Waals surface area contributed by atoms with Crippen LogP contribution in [0.2, 0.25) is 0 Å². The number of nitrogens with zero attached hydrogens (tertiary/aromatic N) is 9. The molecule has 28 aromatic rings.